The number of nitrogens with one attached hydrogen (secondary N) is 1. The molecule has 1 aliphatic heterocycles. The number of hydrogen-bond acceptors (Lipinski definition) is 8. The average molecular weight is 534 g/mol. The van der Waals surface area contributed by atoms with Gasteiger partial charge in [-0.05, 0) is 68.2 Å². The van der Waals surface area contributed by atoms with Crippen molar-refractivity contribution >= 4 is 28.6 Å². The Balaban J connectivity index is 1.24. The van der Waals surface area contributed by atoms with Gasteiger partial charge in [-0.1, -0.05) is 38.8 Å². The highest BCUT2D eigenvalue weighted by atomic mass is 16.5. The van der Waals surface area contributed by atoms with Crippen LogP contribution in [-0.2, 0) is 17.6 Å². The summed E-state index contributed by atoms with van der Waals surface area (Å²) in [4.78, 5) is 27.7. The molecule has 0 radical (unpaired) electrons. The average Bonchev–Trinajstić information content (AvgIpc) is 3.46. The van der Waals surface area contributed by atoms with Gasteiger partial charge in [-0.3, -0.25) is 5.32 Å². The van der Waals surface area contributed by atoms with Crippen LogP contribution in [0.5, 0.6) is 0 Å². The van der Waals surface area contributed by atoms with E-state index in [1.807, 2.05) is 25.1 Å². The van der Waals surface area contributed by atoms with Crippen LogP contribution < -0.4 is 10.2 Å². The first-order chi connectivity index (χ1) is 18.8. The van der Waals surface area contributed by atoms with Crippen LogP contribution in [0.3, 0.4) is 0 Å². The molecular formula is C30H39N5O4. The molecule has 1 aliphatic carbocycles. The number of amides is 1. The van der Waals surface area contributed by atoms with E-state index in [-0.39, 0.29) is 6.04 Å². The molecule has 1 saturated carbocycles. The summed E-state index contributed by atoms with van der Waals surface area (Å²) in [5, 5.41) is 25.9. The maximum absolute atomic E-state index is 12.1. The number of anilines is 2. The van der Waals surface area contributed by atoms with Gasteiger partial charge in [0.15, 0.2) is 0 Å². The van der Waals surface area contributed by atoms with Gasteiger partial charge in [-0.2, -0.15) is 0 Å². The summed E-state index contributed by atoms with van der Waals surface area (Å²) in [7, 11) is 0. The number of aliphatic hydroxyl groups excluding tert-OH is 2. The lowest BCUT2D eigenvalue weighted by atomic mass is 9.80. The van der Waals surface area contributed by atoms with Crippen LogP contribution in [0.2, 0.25) is 0 Å². The van der Waals surface area contributed by atoms with Crippen LogP contribution >= 0.6 is 0 Å². The molecule has 0 spiro atoms. The third kappa shape index (κ3) is 5.70. The Morgan fingerprint density at radius 3 is 2.85 bits per heavy atom. The molecule has 3 aromatic rings. The Morgan fingerprint density at radius 2 is 2.03 bits per heavy atom. The van der Waals surface area contributed by atoms with Crippen LogP contribution in [0, 0.1) is 12.3 Å². The largest absolute Gasteiger partial charge is 0.449 e. The first-order valence-corrected chi connectivity index (χ1v) is 14.1. The lowest BCUT2D eigenvalue weighted by Crippen LogP contribution is -2.43. The van der Waals surface area contributed by atoms with E-state index >= 15 is 0 Å². The number of aryl methyl sites for hydroxylation is 2. The molecule has 2 aromatic heterocycles. The molecule has 39 heavy (non-hydrogen) atoms. The molecule has 0 saturated heterocycles. The summed E-state index contributed by atoms with van der Waals surface area (Å²) in [6.45, 7) is 7.34. The summed E-state index contributed by atoms with van der Waals surface area (Å²) in [5.41, 5.74) is 3.55. The van der Waals surface area contributed by atoms with E-state index in [1.54, 1.807) is 12.4 Å². The second-order valence-corrected chi connectivity index (χ2v) is 11.3. The van der Waals surface area contributed by atoms with E-state index < -0.39 is 23.7 Å². The minimum Gasteiger partial charge on any atom is -0.449 e. The lowest BCUT2D eigenvalue weighted by molar-refractivity contribution is -0.0201. The van der Waals surface area contributed by atoms with Crippen molar-refractivity contribution in [2.24, 2.45) is 5.41 Å². The van der Waals surface area contributed by atoms with Gasteiger partial charge in [0, 0.05) is 23.2 Å². The van der Waals surface area contributed by atoms with Gasteiger partial charge in [0.1, 0.15) is 24.1 Å². The molecular weight excluding hydrogens is 494 g/mol. The lowest BCUT2D eigenvalue weighted by Gasteiger charge is -2.29. The number of unbranched alkanes of at least 4 members (excludes halogenated alkanes) is 2. The molecule has 9 heteroatoms. The van der Waals surface area contributed by atoms with E-state index in [4.69, 9.17) is 4.74 Å². The molecule has 3 N–H and O–H groups in total. The highest BCUT2D eigenvalue weighted by Crippen LogP contribution is 2.46. The molecule has 4 atom stereocenters. The van der Waals surface area contributed by atoms with Crippen LogP contribution in [0.4, 0.5) is 16.4 Å². The zero-order chi connectivity index (χ0) is 27.6. The van der Waals surface area contributed by atoms with Crippen molar-refractivity contribution in [2.75, 3.05) is 23.4 Å². The van der Waals surface area contributed by atoms with Crippen molar-refractivity contribution in [1.82, 2.24) is 15.0 Å². The molecule has 1 amide bonds. The van der Waals surface area contributed by atoms with E-state index in [0.717, 1.165) is 78.6 Å². The van der Waals surface area contributed by atoms with Gasteiger partial charge in [0.2, 0.25) is 0 Å². The number of rotatable bonds is 9. The number of nitrogens with zero attached hydrogens (tertiary/aromatic N) is 4. The van der Waals surface area contributed by atoms with Gasteiger partial charge in [-0.15, -0.1) is 0 Å². The molecule has 5 rings (SSSR count). The number of hydrogen-bond donors (Lipinski definition) is 3. The fraction of sp³-hybridized carbons (Fsp3) is 0.533. The van der Waals surface area contributed by atoms with Crippen molar-refractivity contribution in [3.8, 4) is 0 Å². The molecule has 1 fully saturated rings. The first-order valence-electron chi connectivity index (χ1n) is 14.1. The molecule has 1 aromatic carbocycles. The number of pyridine rings is 1. The van der Waals surface area contributed by atoms with Gasteiger partial charge in [0.25, 0.3) is 0 Å². The molecule has 0 unspecified atom stereocenters. The first kappa shape index (κ1) is 27.3. The van der Waals surface area contributed by atoms with Crippen molar-refractivity contribution < 1.29 is 19.7 Å². The molecule has 3 heterocycles. The van der Waals surface area contributed by atoms with Crippen molar-refractivity contribution in [1.29, 1.82) is 0 Å². The molecule has 2 aliphatic rings. The third-order valence-corrected chi connectivity index (χ3v) is 8.47. The Morgan fingerprint density at radius 1 is 1.21 bits per heavy atom. The molecule has 208 valence electrons. The predicted molar refractivity (Wildman–Crippen MR) is 151 cm³/mol. The van der Waals surface area contributed by atoms with E-state index in [0.29, 0.717) is 18.8 Å². The number of aromatic nitrogens is 3. The number of ether oxygens (including phenoxy) is 1. The smallest absolute Gasteiger partial charge is 0.412 e. The van der Waals surface area contributed by atoms with E-state index in [2.05, 4.69) is 45.1 Å². The zero-order valence-corrected chi connectivity index (χ0v) is 23.1. The monoisotopic (exact) mass is 533 g/mol. The highest BCUT2D eigenvalue weighted by molar-refractivity contribution is 5.87. The summed E-state index contributed by atoms with van der Waals surface area (Å²) >= 11 is 0. The second kappa shape index (κ2) is 11.4. The van der Waals surface area contributed by atoms with Crippen molar-refractivity contribution in [2.45, 2.75) is 84.0 Å². The minimum atomic E-state index is -0.843. The van der Waals surface area contributed by atoms with Crippen LogP contribution in [0.1, 0.15) is 62.8 Å². The maximum Gasteiger partial charge on any atom is 0.412 e. The Kier molecular flexibility index (Phi) is 8.00. The SMILES string of the molecule is CCCCCOC(=O)Nc1ccc2ccc(CC[C@@]3(C)C[C@@H](N4CCc5c(C)ncnc54)[C@H](O)[C@@H]3O)cc2n1. The van der Waals surface area contributed by atoms with Gasteiger partial charge in [-0.25, -0.2) is 19.7 Å². The highest BCUT2D eigenvalue weighted by Gasteiger charge is 2.52. The third-order valence-electron chi connectivity index (χ3n) is 8.47. The zero-order valence-electron chi connectivity index (χ0n) is 23.1. The fourth-order valence-corrected chi connectivity index (χ4v) is 6.05. The van der Waals surface area contributed by atoms with E-state index in [9.17, 15) is 15.0 Å². The number of benzene rings is 1. The number of carbonyl (C=O) groups is 1. The number of fused-ring (bicyclic) bond motifs is 2. The van der Waals surface area contributed by atoms with Gasteiger partial charge in [0.05, 0.1) is 24.3 Å². The molecule has 0 bridgehead atoms. The van der Waals surface area contributed by atoms with E-state index in [1.165, 1.54) is 0 Å². The minimum absolute atomic E-state index is 0.186. The van der Waals surface area contributed by atoms with Crippen LogP contribution in [0.15, 0.2) is 36.7 Å². The quantitative estimate of drug-likeness (QED) is 0.342. The summed E-state index contributed by atoms with van der Waals surface area (Å²) < 4.78 is 5.24. The summed E-state index contributed by atoms with van der Waals surface area (Å²) in [6, 6.07) is 9.65. The van der Waals surface area contributed by atoms with Gasteiger partial charge >= 0.3 is 6.09 Å². The Bertz CT molecular complexity index is 1330. The van der Waals surface area contributed by atoms with Crippen LogP contribution in [-0.4, -0.2) is 62.7 Å². The second-order valence-electron chi connectivity index (χ2n) is 11.3. The molecule has 9 nitrogen and oxygen atoms in total. The predicted octanol–water partition coefficient (Wildman–Crippen LogP) is 4.57. The van der Waals surface area contributed by atoms with Gasteiger partial charge < -0.3 is 19.8 Å². The Labute approximate surface area is 229 Å². The van der Waals surface area contributed by atoms with Crippen molar-refractivity contribution in [3.05, 3.63) is 53.5 Å². The topological polar surface area (TPSA) is 121 Å². The summed E-state index contributed by atoms with van der Waals surface area (Å²) in [5.74, 6) is 1.34. The Hall–Kier alpha value is -3.30. The maximum atomic E-state index is 12.1. The standard InChI is InChI=1S/C30H39N5O4/c1-4-5-6-15-39-29(38)34-25-10-9-21-8-7-20(16-23(21)33-25)11-13-30(3)17-24(26(36)27(30)37)35-14-12-22-19(2)31-18-32-28(22)35/h7-10,16,18,24,26-27,36-37H,4-6,11-15,17H2,1-3H3,(H,33,34,38)/t24-,26+,27+,30+/m1/s1. The van der Waals surface area contributed by atoms with Crippen LogP contribution in [0.25, 0.3) is 10.9 Å². The normalized spacial score (nSPS) is 24.2. The summed E-state index contributed by atoms with van der Waals surface area (Å²) in [6.07, 6.45) is 5.36. The number of aliphatic hydroxyl groups is 2. The fourth-order valence-electron chi connectivity index (χ4n) is 6.05. The number of carbonyl (C=O) groups excluding carboxylic acids is 1. The van der Waals surface area contributed by atoms with Crippen molar-refractivity contribution in [3.63, 3.8) is 0 Å².